The second-order valence-electron chi connectivity index (χ2n) is 4.69. The van der Waals surface area contributed by atoms with Gasteiger partial charge in [0.25, 0.3) is 0 Å². The lowest BCUT2D eigenvalue weighted by Crippen LogP contribution is -2.36. The molecule has 1 aromatic carbocycles. The number of aromatic nitrogens is 2. The summed E-state index contributed by atoms with van der Waals surface area (Å²) in [6, 6.07) is 2.60. The first-order valence-electron chi connectivity index (χ1n) is 6.29. The zero-order valence-electron chi connectivity index (χ0n) is 11.7. The maximum atomic E-state index is 13.6. The van der Waals surface area contributed by atoms with Crippen LogP contribution in [0.3, 0.4) is 0 Å². The Balaban J connectivity index is 2.25. The Hall–Kier alpha value is -1.53. The Morgan fingerprint density at radius 2 is 2.19 bits per heavy atom. The fourth-order valence-electron chi connectivity index (χ4n) is 1.95. The number of hydrogen-bond donors (Lipinski definition) is 1. The predicted molar refractivity (Wildman–Crippen MR) is 81.3 cm³/mol. The number of fused-ring (bicyclic) bond motifs is 1. The topological polar surface area (TPSA) is 50.2 Å². The van der Waals surface area contributed by atoms with Crippen LogP contribution in [0.4, 0.5) is 9.18 Å². The number of nitrogens with one attached hydrogen (secondary N) is 1. The van der Waals surface area contributed by atoms with Gasteiger partial charge in [-0.25, -0.2) is 14.2 Å². The SMILES string of the molecule is CN(C)C(=O)NCCn1c(CCl)nc2cc(Cl)c(F)cc21. The van der Waals surface area contributed by atoms with E-state index in [9.17, 15) is 9.18 Å². The van der Waals surface area contributed by atoms with E-state index in [2.05, 4.69) is 10.3 Å². The highest BCUT2D eigenvalue weighted by Gasteiger charge is 2.13. The lowest BCUT2D eigenvalue weighted by atomic mass is 10.3. The van der Waals surface area contributed by atoms with Crippen LogP contribution in [0.2, 0.25) is 5.02 Å². The molecule has 0 aliphatic rings. The van der Waals surface area contributed by atoms with Gasteiger partial charge in [0.15, 0.2) is 0 Å². The maximum absolute atomic E-state index is 13.6. The Bertz CT molecular complexity index is 672. The summed E-state index contributed by atoms with van der Waals surface area (Å²) in [5.41, 5.74) is 1.18. The van der Waals surface area contributed by atoms with Crippen molar-refractivity contribution < 1.29 is 9.18 Å². The molecule has 2 aromatic rings. The van der Waals surface area contributed by atoms with Gasteiger partial charge in [-0.1, -0.05) is 11.6 Å². The Kier molecular flexibility index (Phi) is 4.90. The number of alkyl halides is 1. The third-order valence-corrected chi connectivity index (χ3v) is 3.54. The molecule has 21 heavy (non-hydrogen) atoms. The standard InChI is InChI=1S/C13H15Cl2FN4O/c1-19(2)13(21)17-3-4-20-11-6-9(16)8(15)5-10(11)18-12(20)7-14/h5-6H,3-4,7H2,1-2H3,(H,17,21). The molecule has 8 heteroatoms. The second kappa shape index (κ2) is 6.49. The average molecular weight is 333 g/mol. The first-order valence-corrected chi connectivity index (χ1v) is 7.20. The van der Waals surface area contributed by atoms with Crippen molar-refractivity contribution in [3.63, 3.8) is 0 Å². The summed E-state index contributed by atoms with van der Waals surface area (Å²) in [7, 11) is 3.31. The number of urea groups is 1. The number of nitrogens with zero attached hydrogens (tertiary/aromatic N) is 3. The monoisotopic (exact) mass is 332 g/mol. The molecule has 1 aromatic heterocycles. The fourth-order valence-corrected chi connectivity index (χ4v) is 2.32. The quantitative estimate of drug-likeness (QED) is 0.875. The third-order valence-electron chi connectivity index (χ3n) is 3.01. The molecule has 0 atom stereocenters. The molecule has 1 N–H and O–H groups in total. The van der Waals surface area contributed by atoms with Crippen molar-refractivity contribution in [3.8, 4) is 0 Å². The third kappa shape index (κ3) is 3.39. The fraction of sp³-hybridized carbons (Fsp3) is 0.385. The van der Waals surface area contributed by atoms with Crippen molar-refractivity contribution in [2.75, 3.05) is 20.6 Å². The summed E-state index contributed by atoms with van der Waals surface area (Å²) in [6.07, 6.45) is 0. The zero-order valence-corrected chi connectivity index (χ0v) is 13.2. The molecule has 0 fully saturated rings. The molecule has 0 aliphatic heterocycles. The van der Waals surface area contributed by atoms with E-state index in [4.69, 9.17) is 23.2 Å². The molecule has 2 rings (SSSR count). The van der Waals surface area contributed by atoms with E-state index in [1.54, 1.807) is 18.7 Å². The van der Waals surface area contributed by atoms with Gasteiger partial charge in [-0.2, -0.15) is 0 Å². The van der Waals surface area contributed by atoms with Crippen LogP contribution in [-0.4, -0.2) is 41.1 Å². The number of imidazole rings is 1. The van der Waals surface area contributed by atoms with Crippen molar-refractivity contribution in [2.45, 2.75) is 12.4 Å². The molecule has 0 aliphatic carbocycles. The van der Waals surface area contributed by atoms with E-state index >= 15 is 0 Å². The Labute approximate surface area is 131 Å². The number of amides is 2. The summed E-state index contributed by atoms with van der Waals surface area (Å²) in [5.74, 6) is 0.284. The minimum Gasteiger partial charge on any atom is -0.336 e. The highest BCUT2D eigenvalue weighted by atomic mass is 35.5. The van der Waals surface area contributed by atoms with Crippen molar-refractivity contribution >= 4 is 40.3 Å². The molecule has 114 valence electrons. The smallest absolute Gasteiger partial charge is 0.316 e. The van der Waals surface area contributed by atoms with Crippen LogP contribution in [0.1, 0.15) is 5.82 Å². The van der Waals surface area contributed by atoms with Gasteiger partial charge in [0.05, 0.1) is 21.9 Å². The van der Waals surface area contributed by atoms with E-state index in [1.165, 1.54) is 17.0 Å². The van der Waals surface area contributed by atoms with Gasteiger partial charge in [0.2, 0.25) is 0 Å². The Morgan fingerprint density at radius 3 is 2.81 bits per heavy atom. The minimum atomic E-state index is -0.510. The van der Waals surface area contributed by atoms with E-state index in [0.29, 0.717) is 29.9 Å². The van der Waals surface area contributed by atoms with E-state index < -0.39 is 5.82 Å². The summed E-state index contributed by atoms with van der Waals surface area (Å²) < 4.78 is 15.4. The summed E-state index contributed by atoms with van der Waals surface area (Å²) in [6.45, 7) is 0.829. The van der Waals surface area contributed by atoms with E-state index in [1.807, 2.05) is 0 Å². The normalized spacial score (nSPS) is 10.9. The molecule has 0 radical (unpaired) electrons. The number of hydrogen-bond acceptors (Lipinski definition) is 2. The molecular formula is C13H15Cl2FN4O. The summed E-state index contributed by atoms with van der Waals surface area (Å²) >= 11 is 11.6. The molecule has 0 saturated heterocycles. The lowest BCUT2D eigenvalue weighted by molar-refractivity contribution is 0.217. The molecule has 1 heterocycles. The molecule has 0 saturated carbocycles. The van der Waals surface area contributed by atoms with Gasteiger partial charge in [0.1, 0.15) is 11.6 Å². The molecule has 0 unspecified atom stereocenters. The first-order chi connectivity index (χ1) is 9.93. The average Bonchev–Trinajstić information content (AvgIpc) is 2.76. The van der Waals surface area contributed by atoms with E-state index in [-0.39, 0.29) is 16.9 Å². The van der Waals surface area contributed by atoms with Gasteiger partial charge in [0, 0.05) is 33.3 Å². The number of benzene rings is 1. The van der Waals surface area contributed by atoms with Crippen LogP contribution in [0, 0.1) is 5.82 Å². The minimum absolute atomic E-state index is 0.0224. The maximum Gasteiger partial charge on any atom is 0.316 e. The second-order valence-corrected chi connectivity index (χ2v) is 5.37. The molecule has 5 nitrogen and oxygen atoms in total. The van der Waals surface area contributed by atoms with Crippen LogP contribution in [0.25, 0.3) is 11.0 Å². The molecule has 0 bridgehead atoms. The van der Waals surface area contributed by atoms with Crippen LogP contribution in [-0.2, 0) is 12.4 Å². The number of halogens is 3. The van der Waals surface area contributed by atoms with Gasteiger partial charge in [-0.05, 0) is 6.07 Å². The first kappa shape index (κ1) is 15.9. The highest BCUT2D eigenvalue weighted by Crippen LogP contribution is 2.24. The van der Waals surface area contributed by atoms with Crippen LogP contribution >= 0.6 is 23.2 Å². The van der Waals surface area contributed by atoms with Crippen LogP contribution in [0.15, 0.2) is 12.1 Å². The highest BCUT2D eigenvalue weighted by molar-refractivity contribution is 6.31. The van der Waals surface area contributed by atoms with E-state index in [0.717, 1.165) is 0 Å². The summed E-state index contributed by atoms with van der Waals surface area (Å²) in [4.78, 5) is 17.2. The number of rotatable bonds is 4. The molecular weight excluding hydrogens is 318 g/mol. The largest absolute Gasteiger partial charge is 0.336 e. The van der Waals surface area contributed by atoms with Crippen molar-refractivity contribution in [1.82, 2.24) is 19.8 Å². The van der Waals surface area contributed by atoms with Gasteiger partial charge >= 0.3 is 6.03 Å². The number of carbonyl (C=O) groups is 1. The van der Waals surface area contributed by atoms with Crippen LogP contribution in [0.5, 0.6) is 0 Å². The summed E-state index contributed by atoms with van der Waals surface area (Å²) in [5, 5.41) is 2.76. The van der Waals surface area contributed by atoms with Gasteiger partial charge < -0.3 is 14.8 Å². The molecule has 0 spiro atoms. The lowest BCUT2D eigenvalue weighted by Gasteiger charge is -2.13. The van der Waals surface area contributed by atoms with Gasteiger partial charge in [-0.3, -0.25) is 0 Å². The number of carbonyl (C=O) groups excluding carboxylic acids is 1. The van der Waals surface area contributed by atoms with Crippen LogP contribution < -0.4 is 5.32 Å². The Morgan fingerprint density at radius 1 is 1.48 bits per heavy atom. The predicted octanol–water partition coefficient (Wildman–Crippen LogP) is 2.84. The van der Waals surface area contributed by atoms with Crippen molar-refractivity contribution in [2.24, 2.45) is 0 Å². The zero-order chi connectivity index (χ0) is 15.6. The molecule has 2 amide bonds. The van der Waals surface area contributed by atoms with Crippen molar-refractivity contribution in [3.05, 3.63) is 28.8 Å². The van der Waals surface area contributed by atoms with Gasteiger partial charge in [-0.15, -0.1) is 11.6 Å². The van der Waals surface area contributed by atoms with Crippen molar-refractivity contribution in [1.29, 1.82) is 0 Å².